The number of aromatic hydroxyl groups is 1. The molecule has 1 amide bonds. The summed E-state index contributed by atoms with van der Waals surface area (Å²) in [7, 11) is 1.97. The molecular formula is C34H35N3O2. The lowest BCUT2D eigenvalue weighted by Gasteiger charge is -2.25. The van der Waals surface area contributed by atoms with Crippen molar-refractivity contribution >= 4 is 27.5 Å². The van der Waals surface area contributed by atoms with Gasteiger partial charge in [0.15, 0.2) is 0 Å². The molecule has 0 aliphatic heterocycles. The molecule has 0 radical (unpaired) electrons. The highest BCUT2D eigenvalue weighted by Gasteiger charge is 2.19. The average Bonchev–Trinajstić information content (AvgIpc) is 2.96. The normalized spacial score (nSPS) is 12.8. The van der Waals surface area contributed by atoms with Crippen LogP contribution in [0.3, 0.4) is 0 Å². The van der Waals surface area contributed by atoms with Gasteiger partial charge in [0.25, 0.3) is 5.91 Å². The standard InChI is InChI=1S/C34H35N3O2/c1-35-22-29(20-27-12-6-10-24-8-2-4-14-32(24)27)36-23-30(37-34(39)26-16-18-31(38)19-17-26)21-28-13-7-11-25-9-3-5-15-33(25)28/h2-19,29-30,35-36,38H,20-23H2,1H3,(H,37,39)/t29-,30+/m0/s1. The van der Waals surface area contributed by atoms with Crippen molar-refractivity contribution in [2.75, 3.05) is 20.1 Å². The number of benzene rings is 5. The lowest BCUT2D eigenvalue weighted by Crippen LogP contribution is -2.48. The number of hydrogen-bond acceptors (Lipinski definition) is 4. The Balaban J connectivity index is 1.36. The van der Waals surface area contributed by atoms with E-state index in [1.54, 1.807) is 24.3 Å². The topological polar surface area (TPSA) is 73.4 Å². The lowest BCUT2D eigenvalue weighted by atomic mass is 9.97. The van der Waals surface area contributed by atoms with E-state index in [0.717, 1.165) is 13.0 Å². The number of fused-ring (bicyclic) bond motifs is 2. The highest BCUT2D eigenvalue weighted by molar-refractivity contribution is 5.94. The molecule has 0 saturated carbocycles. The third-order valence-corrected chi connectivity index (χ3v) is 7.26. The van der Waals surface area contributed by atoms with E-state index in [1.165, 1.54) is 32.7 Å². The van der Waals surface area contributed by atoms with Crippen LogP contribution in [0.1, 0.15) is 21.5 Å². The van der Waals surface area contributed by atoms with Crippen LogP contribution in [0.5, 0.6) is 5.75 Å². The first-order chi connectivity index (χ1) is 19.1. The summed E-state index contributed by atoms with van der Waals surface area (Å²) in [5.41, 5.74) is 3.03. The number of carbonyl (C=O) groups is 1. The van der Waals surface area contributed by atoms with Crippen molar-refractivity contribution in [3.05, 3.63) is 126 Å². The van der Waals surface area contributed by atoms with Gasteiger partial charge in [-0.1, -0.05) is 84.9 Å². The van der Waals surface area contributed by atoms with Crippen LogP contribution in [0.4, 0.5) is 0 Å². The van der Waals surface area contributed by atoms with E-state index in [9.17, 15) is 9.90 Å². The quantitative estimate of drug-likeness (QED) is 0.188. The van der Waals surface area contributed by atoms with E-state index in [2.05, 4.69) is 94.8 Å². The Morgan fingerprint density at radius 2 is 1.21 bits per heavy atom. The predicted molar refractivity (Wildman–Crippen MR) is 160 cm³/mol. The molecule has 0 aliphatic carbocycles. The minimum absolute atomic E-state index is 0.135. The molecule has 198 valence electrons. The zero-order chi connectivity index (χ0) is 27.0. The summed E-state index contributed by atoms with van der Waals surface area (Å²) < 4.78 is 0. The van der Waals surface area contributed by atoms with Gasteiger partial charge in [0.05, 0.1) is 0 Å². The van der Waals surface area contributed by atoms with E-state index in [-0.39, 0.29) is 23.7 Å². The van der Waals surface area contributed by atoms with Crippen LogP contribution in [-0.2, 0) is 12.8 Å². The van der Waals surface area contributed by atoms with E-state index in [1.807, 2.05) is 13.1 Å². The highest BCUT2D eigenvalue weighted by Crippen LogP contribution is 2.21. The number of nitrogens with one attached hydrogen (secondary N) is 3. The minimum atomic E-state index is -0.152. The summed E-state index contributed by atoms with van der Waals surface area (Å²) in [6.07, 6.45) is 1.56. The van der Waals surface area contributed by atoms with Crippen LogP contribution in [0, 0.1) is 0 Å². The molecule has 5 rings (SSSR count). The first kappa shape index (κ1) is 26.4. The third kappa shape index (κ3) is 6.63. The van der Waals surface area contributed by atoms with E-state index in [0.29, 0.717) is 18.5 Å². The zero-order valence-electron chi connectivity index (χ0n) is 22.2. The highest BCUT2D eigenvalue weighted by atomic mass is 16.3. The maximum atomic E-state index is 13.2. The van der Waals surface area contributed by atoms with Gasteiger partial charge in [-0.05, 0) is 76.8 Å². The molecule has 0 fully saturated rings. The molecule has 5 aromatic carbocycles. The lowest BCUT2D eigenvalue weighted by molar-refractivity contribution is 0.0935. The van der Waals surface area contributed by atoms with Crippen molar-refractivity contribution in [3.63, 3.8) is 0 Å². The molecular weight excluding hydrogens is 482 g/mol. The first-order valence-electron chi connectivity index (χ1n) is 13.5. The van der Waals surface area contributed by atoms with Crippen molar-refractivity contribution in [3.8, 4) is 5.75 Å². The summed E-state index contributed by atoms with van der Waals surface area (Å²) in [5, 5.41) is 24.9. The van der Waals surface area contributed by atoms with Gasteiger partial charge < -0.3 is 21.1 Å². The fourth-order valence-electron chi connectivity index (χ4n) is 5.30. The molecule has 0 aliphatic rings. The summed E-state index contributed by atoms with van der Waals surface area (Å²) in [4.78, 5) is 13.2. The van der Waals surface area contributed by atoms with Crippen molar-refractivity contribution < 1.29 is 9.90 Å². The molecule has 0 heterocycles. The number of likely N-dealkylation sites (N-methyl/N-ethyl adjacent to an activating group) is 1. The number of hydrogen-bond donors (Lipinski definition) is 4. The van der Waals surface area contributed by atoms with Gasteiger partial charge in [-0.2, -0.15) is 0 Å². The van der Waals surface area contributed by atoms with Gasteiger partial charge in [-0.3, -0.25) is 4.79 Å². The fraction of sp³-hybridized carbons (Fsp3) is 0.206. The Morgan fingerprint density at radius 1 is 0.667 bits per heavy atom. The fourth-order valence-corrected chi connectivity index (χ4v) is 5.30. The van der Waals surface area contributed by atoms with Crippen LogP contribution in [0.25, 0.3) is 21.5 Å². The van der Waals surface area contributed by atoms with Crippen molar-refractivity contribution in [1.29, 1.82) is 0 Å². The van der Waals surface area contributed by atoms with Gasteiger partial charge in [0.2, 0.25) is 0 Å². The van der Waals surface area contributed by atoms with E-state index in [4.69, 9.17) is 0 Å². The van der Waals surface area contributed by atoms with Gasteiger partial charge in [-0.15, -0.1) is 0 Å². The Kier molecular flexibility index (Phi) is 8.51. The molecule has 0 unspecified atom stereocenters. The Morgan fingerprint density at radius 3 is 1.79 bits per heavy atom. The smallest absolute Gasteiger partial charge is 0.251 e. The monoisotopic (exact) mass is 517 g/mol. The number of rotatable bonds is 11. The van der Waals surface area contributed by atoms with Gasteiger partial charge in [-0.25, -0.2) is 0 Å². The van der Waals surface area contributed by atoms with Crippen molar-refractivity contribution in [2.24, 2.45) is 0 Å². The SMILES string of the molecule is CNC[C@H](Cc1cccc2ccccc12)NC[C@@H](Cc1cccc2ccccc12)NC(=O)c1ccc(O)cc1. The first-order valence-corrected chi connectivity index (χ1v) is 13.5. The van der Waals surface area contributed by atoms with E-state index < -0.39 is 0 Å². The molecule has 5 aromatic rings. The van der Waals surface area contributed by atoms with Crippen LogP contribution >= 0.6 is 0 Å². The third-order valence-electron chi connectivity index (χ3n) is 7.26. The molecule has 39 heavy (non-hydrogen) atoms. The predicted octanol–water partition coefficient (Wildman–Crippen LogP) is 5.46. The molecule has 0 bridgehead atoms. The van der Waals surface area contributed by atoms with Crippen LogP contribution in [0.15, 0.2) is 109 Å². The number of phenols is 1. The van der Waals surface area contributed by atoms with Crippen LogP contribution in [0.2, 0.25) is 0 Å². The van der Waals surface area contributed by atoms with Crippen molar-refractivity contribution in [1.82, 2.24) is 16.0 Å². The summed E-state index contributed by atoms with van der Waals surface area (Å²) >= 11 is 0. The number of carbonyl (C=O) groups excluding carboxylic acids is 1. The Bertz CT molecular complexity index is 1540. The Labute approximate surface area is 229 Å². The van der Waals surface area contributed by atoms with Gasteiger partial charge >= 0.3 is 0 Å². The maximum absolute atomic E-state index is 13.2. The summed E-state index contributed by atoms with van der Waals surface area (Å²) in [5.74, 6) is -0.00915. The molecule has 4 N–H and O–H groups in total. The summed E-state index contributed by atoms with van der Waals surface area (Å²) in [6.45, 7) is 1.42. The minimum Gasteiger partial charge on any atom is -0.508 e. The number of phenolic OH excluding ortho intramolecular Hbond substituents is 1. The van der Waals surface area contributed by atoms with Gasteiger partial charge in [0.1, 0.15) is 5.75 Å². The van der Waals surface area contributed by atoms with Gasteiger partial charge in [0, 0.05) is 30.7 Å². The molecule has 5 nitrogen and oxygen atoms in total. The van der Waals surface area contributed by atoms with Crippen molar-refractivity contribution in [2.45, 2.75) is 24.9 Å². The maximum Gasteiger partial charge on any atom is 0.251 e. The second-order valence-corrected chi connectivity index (χ2v) is 10.1. The molecule has 2 atom stereocenters. The van der Waals surface area contributed by atoms with Crippen LogP contribution < -0.4 is 16.0 Å². The van der Waals surface area contributed by atoms with Crippen LogP contribution in [-0.4, -0.2) is 43.2 Å². The summed E-state index contributed by atoms with van der Waals surface area (Å²) in [6, 6.07) is 36.1. The van der Waals surface area contributed by atoms with E-state index >= 15 is 0 Å². The molecule has 0 spiro atoms. The second-order valence-electron chi connectivity index (χ2n) is 10.1. The molecule has 0 aromatic heterocycles. The molecule has 5 heteroatoms. The second kappa shape index (κ2) is 12.6. The molecule has 0 saturated heterocycles. The zero-order valence-corrected chi connectivity index (χ0v) is 22.2. The average molecular weight is 518 g/mol. The number of amides is 1. The largest absolute Gasteiger partial charge is 0.508 e. The Hall–Kier alpha value is -4.19.